The molecule has 0 saturated heterocycles. The van der Waals surface area contributed by atoms with Crippen LogP contribution in [0.25, 0.3) is 0 Å². The Kier molecular flexibility index (Phi) is 20.9. The Morgan fingerprint density at radius 2 is 1.45 bits per heavy atom. The van der Waals surface area contributed by atoms with Crippen molar-refractivity contribution in [3.05, 3.63) is 0 Å². The molecular formula is C20H44NO7P. The lowest BCUT2D eigenvalue weighted by Crippen LogP contribution is -2.42. The maximum absolute atomic E-state index is 10.9. The summed E-state index contributed by atoms with van der Waals surface area (Å²) < 4.78 is 16.9. The number of carboxylic acid groups (broad SMARTS) is 1. The zero-order chi connectivity index (χ0) is 21.3. The molecule has 0 aromatic carbocycles. The van der Waals surface area contributed by atoms with Crippen molar-refractivity contribution in [2.75, 3.05) is 47.5 Å². The van der Waals surface area contributed by atoms with Gasteiger partial charge in [0, 0.05) is 13.2 Å². The number of likely N-dealkylation sites (N-methyl/N-ethyl adjacent to an activating group) is 1. The fourth-order valence-corrected chi connectivity index (χ4v) is 3.55. The summed E-state index contributed by atoms with van der Waals surface area (Å²) >= 11 is 0. The summed E-state index contributed by atoms with van der Waals surface area (Å²) in [6.07, 6.45) is 9.71. The number of unbranched alkanes of at least 4 members (excludes halogenated alkanes) is 7. The van der Waals surface area contributed by atoms with Crippen molar-refractivity contribution >= 4 is 14.6 Å². The molecule has 0 aliphatic heterocycles. The van der Waals surface area contributed by atoms with Crippen LogP contribution < -0.4 is 0 Å². The third kappa shape index (κ3) is 23.8. The summed E-state index contributed by atoms with van der Waals surface area (Å²) in [7, 11) is 3.81. The molecular weight excluding hydrogens is 397 g/mol. The van der Waals surface area contributed by atoms with Crippen molar-refractivity contribution in [2.45, 2.75) is 77.2 Å². The molecule has 0 aliphatic rings. The lowest BCUT2D eigenvalue weighted by Gasteiger charge is -2.29. The Balaban J connectivity index is 0. The molecule has 0 spiro atoms. The Hall–Kier alpha value is -0.340. The van der Waals surface area contributed by atoms with Crippen LogP contribution in [0.3, 0.4) is 0 Å². The van der Waals surface area contributed by atoms with Gasteiger partial charge in [-0.3, -0.25) is 4.79 Å². The number of hydrogen-bond donors (Lipinski definition) is 2. The van der Waals surface area contributed by atoms with E-state index >= 15 is 0 Å². The number of rotatable bonds is 20. The van der Waals surface area contributed by atoms with Gasteiger partial charge in [0.15, 0.2) is 0 Å². The smallest absolute Gasteiger partial charge is 0.330 e. The molecule has 176 valence electrons. The van der Waals surface area contributed by atoms with Gasteiger partial charge in [0.2, 0.25) is 0 Å². The molecule has 0 heterocycles. The van der Waals surface area contributed by atoms with Crippen LogP contribution in [0.15, 0.2) is 0 Å². The van der Waals surface area contributed by atoms with Crippen molar-refractivity contribution in [1.82, 2.24) is 0 Å². The Bertz CT molecular complexity index is 380. The number of ether oxygens (including phenoxy) is 1. The summed E-state index contributed by atoms with van der Waals surface area (Å²) in [5, 5.41) is 8.98. The van der Waals surface area contributed by atoms with Crippen LogP contribution in [-0.2, 0) is 18.6 Å². The van der Waals surface area contributed by atoms with Crippen LogP contribution >= 0.6 is 8.60 Å². The fraction of sp³-hybridized carbons (Fsp3) is 0.950. The molecule has 0 aromatic heterocycles. The number of nitrogens with zero attached hydrogens (tertiary/aromatic N) is 1. The SMILES string of the molecule is CCCCCCCCOCCCCCO[P@](O)OC(CC(=O)O)C[N+](C)(C)C.[OH-]. The van der Waals surface area contributed by atoms with Crippen LogP contribution in [0.4, 0.5) is 0 Å². The van der Waals surface area contributed by atoms with Gasteiger partial charge < -0.3 is 33.7 Å². The number of quaternary nitrogens is 1. The van der Waals surface area contributed by atoms with Crippen LogP contribution in [-0.4, -0.2) is 79.5 Å². The second kappa shape index (κ2) is 19.6. The van der Waals surface area contributed by atoms with Gasteiger partial charge in [0.25, 0.3) is 0 Å². The van der Waals surface area contributed by atoms with E-state index in [4.69, 9.17) is 18.9 Å². The first-order valence-electron chi connectivity index (χ1n) is 10.6. The van der Waals surface area contributed by atoms with Crippen LogP contribution in [0.1, 0.15) is 71.1 Å². The normalized spacial score (nSPS) is 13.7. The zero-order valence-corrected chi connectivity index (χ0v) is 19.7. The fourth-order valence-electron chi connectivity index (χ4n) is 2.81. The monoisotopic (exact) mass is 441 g/mol. The van der Waals surface area contributed by atoms with Gasteiger partial charge in [-0.1, -0.05) is 39.0 Å². The van der Waals surface area contributed by atoms with Crippen molar-refractivity contribution in [1.29, 1.82) is 0 Å². The maximum Gasteiger partial charge on any atom is 0.330 e. The molecule has 1 unspecified atom stereocenters. The van der Waals surface area contributed by atoms with Gasteiger partial charge in [-0.25, -0.2) is 0 Å². The van der Waals surface area contributed by atoms with E-state index in [0.717, 1.165) is 38.9 Å². The molecule has 0 bridgehead atoms. The summed E-state index contributed by atoms with van der Waals surface area (Å²) in [4.78, 5) is 20.9. The summed E-state index contributed by atoms with van der Waals surface area (Å²) in [6, 6.07) is 0. The number of aliphatic carboxylic acids is 1. The second-order valence-electron chi connectivity index (χ2n) is 8.31. The molecule has 0 amide bonds. The quantitative estimate of drug-likeness (QED) is 0.166. The molecule has 3 N–H and O–H groups in total. The van der Waals surface area contributed by atoms with Crippen LogP contribution in [0, 0.1) is 0 Å². The molecule has 0 radical (unpaired) electrons. The maximum atomic E-state index is 10.9. The highest BCUT2D eigenvalue weighted by molar-refractivity contribution is 7.40. The minimum atomic E-state index is -2.05. The number of carbonyl (C=O) groups is 1. The van der Waals surface area contributed by atoms with E-state index in [9.17, 15) is 9.69 Å². The highest BCUT2D eigenvalue weighted by Gasteiger charge is 2.25. The van der Waals surface area contributed by atoms with Crippen molar-refractivity contribution < 1.29 is 38.5 Å². The molecule has 9 heteroatoms. The van der Waals surface area contributed by atoms with E-state index in [0.29, 0.717) is 17.6 Å². The Labute approximate surface area is 178 Å². The second-order valence-corrected chi connectivity index (χ2v) is 9.25. The Morgan fingerprint density at radius 3 is 2.00 bits per heavy atom. The van der Waals surface area contributed by atoms with Crippen LogP contribution in [0.2, 0.25) is 0 Å². The predicted molar refractivity (Wildman–Crippen MR) is 115 cm³/mol. The van der Waals surface area contributed by atoms with Gasteiger partial charge >= 0.3 is 14.6 Å². The lowest BCUT2D eigenvalue weighted by atomic mass is 10.1. The summed E-state index contributed by atoms with van der Waals surface area (Å²) in [6.45, 7) is 4.74. The molecule has 0 saturated carbocycles. The predicted octanol–water partition coefficient (Wildman–Crippen LogP) is 4.16. The minimum Gasteiger partial charge on any atom is -0.870 e. The van der Waals surface area contributed by atoms with E-state index < -0.39 is 20.7 Å². The van der Waals surface area contributed by atoms with E-state index in [2.05, 4.69) is 6.92 Å². The van der Waals surface area contributed by atoms with Gasteiger partial charge in [-0.15, -0.1) is 0 Å². The lowest BCUT2D eigenvalue weighted by molar-refractivity contribution is -0.873. The zero-order valence-electron chi connectivity index (χ0n) is 18.8. The average Bonchev–Trinajstić information content (AvgIpc) is 2.56. The molecule has 0 aromatic rings. The topological polar surface area (TPSA) is 115 Å². The van der Waals surface area contributed by atoms with Gasteiger partial charge in [0.05, 0.1) is 34.2 Å². The first-order chi connectivity index (χ1) is 13.2. The van der Waals surface area contributed by atoms with E-state index in [1.807, 2.05) is 21.1 Å². The van der Waals surface area contributed by atoms with Crippen molar-refractivity contribution in [3.63, 3.8) is 0 Å². The Morgan fingerprint density at radius 1 is 0.931 bits per heavy atom. The van der Waals surface area contributed by atoms with E-state index in [1.54, 1.807) is 0 Å². The number of hydrogen-bond acceptors (Lipinski definition) is 6. The van der Waals surface area contributed by atoms with Gasteiger partial charge in [0.1, 0.15) is 12.6 Å². The van der Waals surface area contributed by atoms with Crippen LogP contribution in [0.5, 0.6) is 0 Å². The summed E-state index contributed by atoms with van der Waals surface area (Å²) in [5.74, 6) is -0.942. The van der Waals surface area contributed by atoms with E-state index in [-0.39, 0.29) is 11.9 Å². The molecule has 2 atom stereocenters. The largest absolute Gasteiger partial charge is 0.870 e. The van der Waals surface area contributed by atoms with Gasteiger partial charge in [-0.05, 0) is 25.7 Å². The minimum absolute atomic E-state index is 0. The third-order valence-electron chi connectivity index (χ3n) is 4.17. The summed E-state index contributed by atoms with van der Waals surface area (Å²) in [5.41, 5.74) is 0. The highest BCUT2D eigenvalue weighted by atomic mass is 31.2. The third-order valence-corrected chi connectivity index (χ3v) is 5.05. The molecule has 29 heavy (non-hydrogen) atoms. The first kappa shape index (κ1) is 30.9. The van der Waals surface area contributed by atoms with Crippen molar-refractivity contribution in [2.24, 2.45) is 0 Å². The van der Waals surface area contributed by atoms with Gasteiger partial charge in [-0.2, -0.15) is 0 Å². The molecule has 8 nitrogen and oxygen atoms in total. The number of carboxylic acids is 1. The highest BCUT2D eigenvalue weighted by Crippen LogP contribution is 2.35. The molecule has 0 fully saturated rings. The standard InChI is InChI=1S/C20H42NO6P.H2O/c1-5-6-7-8-9-11-14-25-15-12-10-13-16-26-28(24)27-19(17-20(22)23)18-21(2,3)4;/h19,24H,5-18H2,1-4H3;1H2/t19?,28-;/m0./s1. The van der Waals surface area contributed by atoms with Crippen molar-refractivity contribution in [3.8, 4) is 0 Å². The average molecular weight is 442 g/mol. The van der Waals surface area contributed by atoms with E-state index in [1.165, 1.54) is 32.1 Å². The molecule has 0 aliphatic carbocycles. The first-order valence-corrected chi connectivity index (χ1v) is 11.8. The molecule has 0 rings (SSSR count).